The van der Waals surface area contributed by atoms with E-state index in [1.165, 1.54) is 27.4 Å². The number of nitrogens with two attached hydrogens (primary N) is 1. The van der Waals surface area contributed by atoms with Crippen LogP contribution in [0.1, 0.15) is 10.4 Å². The van der Waals surface area contributed by atoms with Crippen LogP contribution >= 0.6 is 0 Å². The van der Waals surface area contributed by atoms with E-state index in [1.54, 1.807) is 0 Å². The number of hydrogen-bond acceptors (Lipinski definition) is 8. The fourth-order valence-corrected chi connectivity index (χ4v) is 5.00. The van der Waals surface area contributed by atoms with E-state index in [-0.39, 0.29) is 36.6 Å². The quantitative estimate of drug-likeness (QED) is 0.402. The number of nitro benzene ring substituents is 1. The molecule has 32 heavy (non-hydrogen) atoms. The monoisotopic (exact) mass is 466 g/mol. The molecular formula is C19H19FN4O7S. The Morgan fingerprint density at radius 2 is 1.72 bits per heavy atom. The number of piperazine rings is 1. The van der Waals surface area contributed by atoms with E-state index in [9.17, 15) is 27.7 Å². The highest BCUT2D eigenvalue weighted by Gasteiger charge is 2.33. The summed E-state index contributed by atoms with van der Waals surface area (Å²) in [7, 11) is -3.86. The molecule has 2 aromatic carbocycles. The Balaban J connectivity index is 1.50. The maximum Gasteiger partial charge on any atom is 0.295 e. The van der Waals surface area contributed by atoms with Crippen LogP contribution in [0.3, 0.4) is 0 Å². The Morgan fingerprint density at radius 3 is 2.38 bits per heavy atom. The number of fused-ring (bicyclic) bond motifs is 1. The van der Waals surface area contributed by atoms with Crippen molar-refractivity contribution in [1.82, 2.24) is 9.21 Å². The van der Waals surface area contributed by atoms with Crippen LogP contribution in [0.2, 0.25) is 0 Å². The minimum absolute atomic E-state index is 0.00632. The molecule has 4 rings (SSSR count). The van der Waals surface area contributed by atoms with Crippen LogP contribution < -0.4 is 15.2 Å². The Morgan fingerprint density at radius 1 is 1.06 bits per heavy atom. The maximum atomic E-state index is 13.8. The molecule has 2 aliphatic rings. The van der Waals surface area contributed by atoms with Gasteiger partial charge in [-0.3, -0.25) is 14.9 Å². The fraction of sp³-hybridized carbons (Fsp3) is 0.316. The molecule has 0 radical (unpaired) electrons. The molecular weight excluding hydrogens is 447 g/mol. The largest absolute Gasteiger partial charge is 0.486 e. The number of carbonyl (C=O) groups is 1. The second kappa shape index (κ2) is 8.24. The van der Waals surface area contributed by atoms with E-state index in [0.717, 1.165) is 6.07 Å². The lowest BCUT2D eigenvalue weighted by atomic mass is 10.1. The predicted molar refractivity (Wildman–Crippen MR) is 110 cm³/mol. The highest BCUT2D eigenvalue weighted by atomic mass is 32.2. The number of nitro groups is 1. The normalized spacial score (nSPS) is 16.6. The Labute approximate surface area is 182 Å². The minimum Gasteiger partial charge on any atom is -0.486 e. The van der Waals surface area contributed by atoms with Gasteiger partial charge in [0.25, 0.3) is 11.6 Å². The number of benzene rings is 2. The summed E-state index contributed by atoms with van der Waals surface area (Å²) in [5.74, 6) is -0.864. The lowest BCUT2D eigenvalue weighted by Crippen LogP contribution is -2.50. The summed E-state index contributed by atoms with van der Waals surface area (Å²) in [4.78, 5) is 24.3. The van der Waals surface area contributed by atoms with Crippen LogP contribution in [-0.4, -0.2) is 67.8 Å². The highest BCUT2D eigenvalue weighted by Crippen LogP contribution is 2.33. The number of nitrogen functional groups attached to an aromatic ring is 1. The zero-order valence-electron chi connectivity index (χ0n) is 16.7. The number of sulfonamides is 1. The fourth-order valence-electron chi connectivity index (χ4n) is 3.57. The molecule has 2 aromatic rings. The number of hydrogen-bond donors (Lipinski definition) is 1. The van der Waals surface area contributed by atoms with Crippen molar-refractivity contribution < 1.29 is 32.0 Å². The van der Waals surface area contributed by atoms with Crippen LogP contribution in [0, 0.1) is 15.9 Å². The zero-order chi connectivity index (χ0) is 23.0. The van der Waals surface area contributed by atoms with Gasteiger partial charge in [0, 0.05) is 32.2 Å². The van der Waals surface area contributed by atoms with Gasteiger partial charge in [0.1, 0.15) is 24.7 Å². The van der Waals surface area contributed by atoms with E-state index >= 15 is 0 Å². The molecule has 11 nitrogen and oxygen atoms in total. The molecule has 2 N–H and O–H groups in total. The predicted octanol–water partition coefficient (Wildman–Crippen LogP) is 1.23. The summed E-state index contributed by atoms with van der Waals surface area (Å²) in [5, 5.41) is 11.0. The molecule has 0 saturated carbocycles. The summed E-state index contributed by atoms with van der Waals surface area (Å²) in [6.07, 6.45) is 0. The molecule has 1 saturated heterocycles. The van der Waals surface area contributed by atoms with Gasteiger partial charge < -0.3 is 20.1 Å². The first-order chi connectivity index (χ1) is 15.2. The van der Waals surface area contributed by atoms with E-state index in [1.807, 2.05) is 0 Å². The van der Waals surface area contributed by atoms with Crippen molar-refractivity contribution in [2.75, 3.05) is 45.1 Å². The smallest absolute Gasteiger partial charge is 0.295 e. The molecule has 0 spiro atoms. The first-order valence-electron chi connectivity index (χ1n) is 9.61. The Hall–Kier alpha value is -3.45. The highest BCUT2D eigenvalue weighted by molar-refractivity contribution is 7.89. The van der Waals surface area contributed by atoms with Crippen molar-refractivity contribution >= 4 is 27.3 Å². The third-order valence-corrected chi connectivity index (χ3v) is 7.12. The van der Waals surface area contributed by atoms with Crippen molar-refractivity contribution in [2.45, 2.75) is 4.90 Å². The SMILES string of the molecule is Nc1c(C(=O)N2CCN(S(=O)(=O)c3ccc4c(c3)OCCO4)CC2)cc(F)cc1[N+](=O)[O-]. The van der Waals surface area contributed by atoms with Gasteiger partial charge in [-0.15, -0.1) is 0 Å². The number of carbonyl (C=O) groups excluding carboxylic acids is 1. The van der Waals surface area contributed by atoms with Crippen LogP contribution in [0.4, 0.5) is 15.8 Å². The number of halogens is 1. The third kappa shape index (κ3) is 3.91. The minimum atomic E-state index is -3.86. The summed E-state index contributed by atoms with van der Waals surface area (Å²) in [6.45, 7) is 0.686. The van der Waals surface area contributed by atoms with Crippen LogP contribution in [0.5, 0.6) is 11.5 Å². The maximum absolute atomic E-state index is 13.8. The second-order valence-corrected chi connectivity index (χ2v) is 9.08. The van der Waals surface area contributed by atoms with E-state index in [0.29, 0.717) is 30.8 Å². The van der Waals surface area contributed by atoms with Crippen LogP contribution in [0.25, 0.3) is 0 Å². The number of amides is 1. The number of ether oxygens (including phenoxy) is 2. The molecule has 13 heteroatoms. The van der Waals surface area contributed by atoms with Gasteiger partial charge in [-0.1, -0.05) is 0 Å². The van der Waals surface area contributed by atoms with Gasteiger partial charge >= 0.3 is 0 Å². The van der Waals surface area contributed by atoms with Gasteiger partial charge in [0.05, 0.1) is 21.4 Å². The van der Waals surface area contributed by atoms with Crippen molar-refractivity contribution in [2.24, 2.45) is 0 Å². The topological polar surface area (TPSA) is 145 Å². The van der Waals surface area contributed by atoms with Gasteiger partial charge in [0.2, 0.25) is 10.0 Å². The molecule has 2 heterocycles. The van der Waals surface area contributed by atoms with Crippen molar-refractivity contribution in [3.05, 3.63) is 51.8 Å². The Bertz CT molecular complexity index is 1200. The molecule has 170 valence electrons. The molecule has 0 atom stereocenters. The van der Waals surface area contributed by atoms with Gasteiger partial charge in [-0.2, -0.15) is 4.31 Å². The van der Waals surface area contributed by atoms with Crippen LogP contribution in [0.15, 0.2) is 35.2 Å². The average Bonchev–Trinajstić information content (AvgIpc) is 2.79. The second-order valence-electron chi connectivity index (χ2n) is 7.15. The summed E-state index contributed by atoms with van der Waals surface area (Å²) >= 11 is 0. The van der Waals surface area contributed by atoms with E-state index in [4.69, 9.17) is 15.2 Å². The van der Waals surface area contributed by atoms with Crippen molar-refractivity contribution in [1.29, 1.82) is 0 Å². The molecule has 1 amide bonds. The van der Waals surface area contributed by atoms with Gasteiger partial charge in [-0.25, -0.2) is 12.8 Å². The molecule has 1 fully saturated rings. The third-order valence-electron chi connectivity index (χ3n) is 5.23. The Kier molecular flexibility index (Phi) is 5.60. The molecule has 0 aromatic heterocycles. The van der Waals surface area contributed by atoms with Crippen LogP contribution in [-0.2, 0) is 10.0 Å². The summed E-state index contributed by atoms with van der Waals surface area (Å²) in [6, 6.07) is 5.83. The molecule has 2 aliphatic heterocycles. The van der Waals surface area contributed by atoms with E-state index < -0.39 is 38.0 Å². The molecule has 0 bridgehead atoms. The lowest BCUT2D eigenvalue weighted by Gasteiger charge is -2.34. The standard InChI is InChI=1S/C19H19FN4O7S/c20-12-9-14(18(21)15(10-12)24(26)27)19(25)22-3-5-23(6-4-22)32(28,29)13-1-2-16-17(11-13)31-8-7-30-16/h1-2,9-11H,3-8,21H2. The lowest BCUT2D eigenvalue weighted by molar-refractivity contribution is -0.384. The number of rotatable bonds is 4. The first kappa shape index (κ1) is 21.8. The van der Waals surface area contributed by atoms with Crippen molar-refractivity contribution in [3.8, 4) is 11.5 Å². The number of anilines is 1. The average molecular weight is 466 g/mol. The molecule has 0 unspecified atom stereocenters. The van der Waals surface area contributed by atoms with E-state index in [2.05, 4.69) is 0 Å². The zero-order valence-corrected chi connectivity index (χ0v) is 17.5. The van der Waals surface area contributed by atoms with Crippen molar-refractivity contribution in [3.63, 3.8) is 0 Å². The molecule has 0 aliphatic carbocycles. The van der Waals surface area contributed by atoms with Gasteiger partial charge in [0.15, 0.2) is 11.5 Å². The summed E-state index contributed by atoms with van der Waals surface area (Å²) < 4.78 is 51.9. The van der Waals surface area contributed by atoms with Gasteiger partial charge in [-0.05, 0) is 18.2 Å². The summed E-state index contributed by atoms with van der Waals surface area (Å²) in [5.41, 5.74) is 4.23. The number of nitrogens with zero attached hydrogens (tertiary/aromatic N) is 3. The first-order valence-corrected chi connectivity index (χ1v) is 11.0.